The van der Waals surface area contributed by atoms with Crippen LogP contribution in [0.5, 0.6) is 0 Å². The Bertz CT molecular complexity index is 329. The molecule has 5 heteroatoms. The number of rotatable bonds is 2. The van der Waals surface area contributed by atoms with E-state index in [4.69, 9.17) is 12.2 Å². The van der Waals surface area contributed by atoms with E-state index >= 15 is 0 Å². The largest absolute Gasteiger partial charge is 0.366 e. The second kappa shape index (κ2) is 5.61. The molecule has 0 aliphatic carbocycles. The highest BCUT2D eigenvalue weighted by molar-refractivity contribution is 7.80. The molecular formula is C11H18N3S2+. The zero-order valence-electron chi connectivity index (χ0n) is 9.53. The minimum Gasteiger partial charge on any atom is -0.366 e. The summed E-state index contributed by atoms with van der Waals surface area (Å²) in [5.74, 6) is 0. The van der Waals surface area contributed by atoms with Gasteiger partial charge in [-0.3, -0.25) is 0 Å². The predicted molar refractivity (Wildman–Crippen MR) is 72.0 cm³/mol. The third-order valence-corrected chi connectivity index (χ3v) is 4.20. The second-order valence-electron chi connectivity index (χ2n) is 4.10. The van der Waals surface area contributed by atoms with E-state index in [1.54, 1.807) is 16.2 Å². The third kappa shape index (κ3) is 2.93. The van der Waals surface area contributed by atoms with Gasteiger partial charge in [0.1, 0.15) is 6.54 Å². The van der Waals surface area contributed by atoms with Crippen molar-refractivity contribution in [2.45, 2.75) is 6.54 Å². The first-order valence-corrected chi connectivity index (χ1v) is 6.96. The second-order valence-corrected chi connectivity index (χ2v) is 5.27. The van der Waals surface area contributed by atoms with Gasteiger partial charge in [-0.1, -0.05) is 0 Å². The minimum absolute atomic E-state index is 0.884. The first-order chi connectivity index (χ1) is 7.79. The Labute approximate surface area is 106 Å². The molecule has 0 bridgehead atoms. The molecule has 0 radical (unpaired) electrons. The Hall–Kier alpha value is -0.650. The molecule has 2 N–H and O–H groups in total. The molecule has 0 saturated carbocycles. The van der Waals surface area contributed by atoms with Crippen LogP contribution in [0.15, 0.2) is 16.8 Å². The molecule has 1 saturated heterocycles. The van der Waals surface area contributed by atoms with E-state index < -0.39 is 0 Å². The molecule has 3 nitrogen and oxygen atoms in total. The van der Waals surface area contributed by atoms with E-state index in [1.807, 2.05) is 7.05 Å². The molecule has 1 fully saturated rings. The number of quaternary nitrogens is 1. The van der Waals surface area contributed by atoms with E-state index in [0.29, 0.717) is 0 Å². The Balaban J connectivity index is 1.79. The molecule has 0 spiro atoms. The molecule has 2 heterocycles. The van der Waals surface area contributed by atoms with E-state index in [9.17, 15) is 0 Å². The number of nitrogens with zero attached hydrogens (tertiary/aromatic N) is 1. The van der Waals surface area contributed by atoms with Crippen LogP contribution in [0.25, 0.3) is 0 Å². The van der Waals surface area contributed by atoms with Crippen LogP contribution in [0.1, 0.15) is 5.56 Å². The maximum Gasteiger partial charge on any atom is 0.169 e. The van der Waals surface area contributed by atoms with Gasteiger partial charge in [0.15, 0.2) is 5.11 Å². The predicted octanol–water partition coefficient (Wildman–Crippen LogP) is -0.0471. The van der Waals surface area contributed by atoms with Gasteiger partial charge in [-0.15, -0.1) is 0 Å². The lowest BCUT2D eigenvalue weighted by molar-refractivity contribution is -0.917. The molecule has 0 unspecified atom stereocenters. The van der Waals surface area contributed by atoms with Crippen molar-refractivity contribution in [1.82, 2.24) is 10.2 Å². The number of nitrogens with one attached hydrogen (secondary N) is 2. The maximum absolute atomic E-state index is 5.24. The number of hydrogen-bond donors (Lipinski definition) is 2. The van der Waals surface area contributed by atoms with Crippen molar-refractivity contribution < 1.29 is 4.90 Å². The quantitative estimate of drug-likeness (QED) is 0.724. The van der Waals surface area contributed by atoms with Crippen LogP contribution in [0.2, 0.25) is 0 Å². The molecule has 88 valence electrons. The van der Waals surface area contributed by atoms with Gasteiger partial charge in [0, 0.05) is 12.6 Å². The molecule has 1 aliphatic rings. The minimum atomic E-state index is 0.884. The summed E-state index contributed by atoms with van der Waals surface area (Å²) in [6, 6.07) is 2.22. The van der Waals surface area contributed by atoms with Crippen molar-refractivity contribution >= 4 is 28.7 Å². The third-order valence-electron chi connectivity index (χ3n) is 3.01. The van der Waals surface area contributed by atoms with Crippen LogP contribution in [0.3, 0.4) is 0 Å². The number of piperazine rings is 1. The lowest BCUT2D eigenvalue weighted by Crippen LogP contribution is -3.13. The van der Waals surface area contributed by atoms with Gasteiger partial charge < -0.3 is 15.1 Å². The average Bonchev–Trinajstić information content (AvgIpc) is 2.82. The van der Waals surface area contributed by atoms with E-state index in [1.165, 1.54) is 18.7 Å². The van der Waals surface area contributed by atoms with Crippen LogP contribution in [0, 0.1) is 0 Å². The molecule has 1 aromatic heterocycles. The summed E-state index contributed by atoms with van der Waals surface area (Å²) in [5, 5.41) is 8.33. The number of hydrogen-bond acceptors (Lipinski definition) is 2. The van der Waals surface area contributed by atoms with E-state index in [0.717, 1.165) is 24.7 Å². The van der Waals surface area contributed by atoms with Crippen LogP contribution < -0.4 is 10.2 Å². The highest BCUT2D eigenvalue weighted by atomic mass is 32.1. The summed E-state index contributed by atoms with van der Waals surface area (Å²) >= 11 is 7.02. The average molecular weight is 256 g/mol. The fraction of sp³-hybridized carbons (Fsp3) is 0.545. The van der Waals surface area contributed by atoms with Crippen LogP contribution >= 0.6 is 23.6 Å². The molecule has 16 heavy (non-hydrogen) atoms. The summed E-state index contributed by atoms with van der Waals surface area (Å²) in [6.07, 6.45) is 0. The van der Waals surface area contributed by atoms with Gasteiger partial charge in [-0.25, -0.2) is 0 Å². The first-order valence-electron chi connectivity index (χ1n) is 5.61. The summed E-state index contributed by atoms with van der Waals surface area (Å²) < 4.78 is 0. The highest BCUT2D eigenvalue weighted by Gasteiger charge is 2.21. The van der Waals surface area contributed by atoms with Crippen molar-refractivity contribution in [3.05, 3.63) is 22.4 Å². The van der Waals surface area contributed by atoms with Crippen molar-refractivity contribution in [3.8, 4) is 0 Å². The standard InChI is InChI=1S/C11H17N3S2/c1-12-11(15)14-5-3-13(4-6-14)8-10-2-7-16-9-10/h2,7,9H,3-6,8H2,1H3,(H,12,15)/p+1. The summed E-state index contributed by atoms with van der Waals surface area (Å²) in [6.45, 7) is 5.65. The van der Waals surface area contributed by atoms with E-state index in [2.05, 4.69) is 27.0 Å². The van der Waals surface area contributed by atoms with Crippen LogP contribution in [-0.2, 0) is 6.54 Å². The van der Waals surface area contributed by atoms with E-state index in [-0.39, 0.29) is 0 Å². The molecule has 0 amide bonds. The van der Waals surface area contributed by atoms with Gasteiger partial charge in [0.05, 0.1) is 26.2 Å². The summed E-state index contributed by atoms with van der Waals surface area (Å²) in [7, 11) is 1.90. The lowest BCUT2D eigenvalue weighted by atomic mass is 10.2. The number of thiocarbonyl (C=S) groups is 1. The Morgan fingerprint density at radius 1 is 1.56 bits per heavy atom. The monoisotopic (exact) mass is 256 g/mol. The first kappa shape index (κ1) is 11.8. The fourth-order valence-electron chi connectivity index (χ4n) is 2.04. The Morgan fingerprint density at radius 2 is 2.31 bits per heavy atom. The highest BCUT2D eigenvalue weighted by Crippen LogP contribution is 2.04. The Morgan fingerprint density at radius 3 is 2.88 bits per heavy atom. The zero-order chi connectivity index (χ0) is 11.4. The maximum atomic E-state index is 5.24. The van der Waals surface area contributed by atoms with Crippen molar-refractivity contribution in [2.75, 3.05) is 33.2 Å². The van der Waals surface area contributed by atoms with Crippen molar-refractivity contribution in [3.63, 3.8) is 0 Å². The number of thiophene rings is 1. The van der Waals surface area contributed by atoms with Crippen LogP contribution in [0.4, 0.5) is 0 Å². The molecule has 1 aromatic rings. The van der Waals surface area contributed by atoms with Crippen molar-refractivity contribution in [1.29, 1.82) is 0 Å². The molecule has 1 aliphatic heterocycles. The topological polar surface area (TPSA) is 19.7 Å². The molecular weight excluding hydrogens is 238 g/mol. The van der Waals surface area contributed by atoms with Gasteiger partial charge >= 0.3 is 0 Å². The zero-order valence-corrected chi connectivity index (χ0v) is 11.2. The SMILES string of the molecule is CNC(=S)N1CC[NH+](Cc2ccsc2)CC1. The van der Waals surface area contributed by atoms with Crippen LogP contribution in [-0.4, -0.2) is 43.2 Å². The van der Waals surface area contributed by atoms with Gasteiger partial charge in [-0.05, 0) is 29.0 Å². The van der Waals surface area contributed by atoms with Gasteiger partial charge in [-0.2, -0.15) is 11.3 Å². The molecule has 2 rings (SSSR count). The normalized spacial score (nSPS) is 17.4. The summed E-state index contributed by atoms with van der Waals surface area (Å²) in [4.78, 5) is 3.92. The molecule has 0 aromatic carbocycles. The van der Waals surface area contributed by atoms with Gasteiger partial charge in [0.25, 0.3) is 0 Å². The molecule has 0 atom stereocenters. The summed E-state index contributed by atoms with van der Waals surface area (Å²) in [5.41, 5.74) is 1.46. The fourth-order valence-corrected chi connectivity index (χ4v) is 2.89. The Kier molecular flexibility index (Phi) is 4.15. The smallest absolute Gasteiger partial charge is 0.169 e. The van der Waals surface area contributed by atoms with Gasteiger partial charge in [0.2, 0.25) is 0 Å². The van der Waals surface area contributed by atoms with Crippen molar-refractivity contribution in [2.24, 2.45) is 0 Å². The lowest BCUT2D eigenvalue weighted by Gasteiger charge is -2.33.